The minimum absolute atomic E-state index is 0.173. The lowest BCUT2D eigenvalue weighted by Gasteiger charge is -2.10. The van der Waals surface area contributed by atoms with Crippen LogP contribution >= 0.6 is 22.6 Å². The summed E-state index contributed by atoms with van der Waals surface area (Å²) in [6.45, 7) is 2.00. The highest BCUT2D eigenvalue weighted by Gasteiger charge is 2.05. The Morgan fingerprint density at radius 2 is 2.23 bits per heavy atom. The Hall–Kier alpha value is -0.290. The predicted molar refractivity (Wildman–Crippen MR) is 63.1 cm³/mol. The van der Waals surface area contributed by atoms with Crippen molar-refractivity contribution in [1.29, 1.82) is 0 Å². The molecule has 0 aliphatic rings. The lowest BCUT2D eigenvalue weighted by atomic mass is 10.1. The van der Waals surface area contributed by atoms with E-state index in [1.165, 1.54) is 9.13 Å². The van der Waals surface area contributed by atoms with Gasteiger partial charge in [-0.2, -0.15) is 0 Å². The van der Waals surface area contributed by atoms with E-state index in [4.69, 9.17) is 10.5 Å². The van der Waals surface area contributed by atoms with E-state index in [0.717, 1.165) is 12.2 Å². The zero-order valence-corrected chi connectivity index (χ0v) is 10.0. The predicted octanol–water partition coefficient (Wildman–Crippen LogP) is 2.19. The summed E-state index contributed by atoms with van der Waals surface area (Å²) in [5, 5.41) is 0. The van der Waals surface area contributed by atoms with Crippen LogP contribution in [-0.4, -0.2) is 13.2 Å². The zero-order chi connectivity index (χ0) is 9.84. The van der Waals surface area contributed by atoms with Crippen LogP contribution in [0.4, 0.5) is 0 Å². The molecular weight excluding hydrogens is 277 g/mol. The van der Waals surface area contributed by atoms with Crippen LogP contribution in [0.5, 0.6) is 5.75 Å². The van der Waals surface area contributed by atoms with E-state index < -0.39 is 0 Å². The van der Waals surface area contributed by atoms with Crippen molar-refractivity contribution in [2.24, 2.45) is 5.73 Å². The molecule has 0 amide bonds. The van der Waals surface area contributed by atoms with Crippen molar-refractivity contribution in [3.05, 3.63) is 27.3 Å². The fraction of sp³-hybridized carbons (Fsp3) is 0.400. The van der Waals surface area contributed by atoms with E-state index in [1.807, 2.05) is 19.1 Å². The van der Waals surface area contributed by atoms with Gasteiger partial charge in [0.05, 0.1) is 7.11 Å². The van der Waals surface area contributed by atoms with Crippen LogP contribution in [0.1, 0.15) is 12.5 Å². The minimum atomic E-state index is 0.173. The van der Waals surface area contributed by atoms with Gasteiger partial charge in [-0.15, -0.1) is 0 Å². The number of hydrogen-bond acceptors (Lipinski definition) is 2. The summed E-state index contributed by atoms with van der Waals surface area (Å²) in [6, 6.07) is 6.30. The Morgan fingerprint density at radius 1 is 1.54 bits per heavy atom. The maximum absolute atomic E-state index is 5.74. The van der Waals surface area contributed by atoms with E-state index in [0.29, 0.717) is 0 Å². The van der Waals surface area contributed by atoms with Gasteiger partial charge in [0.25, 0.3) is 0 Å². The van der Waals surface area contributed by atoms with Crippen LogP contribution in [0, 0.1) is 3.57 Å². The van der Waals surface area contributed by atoms with Crippen LogP contribution in [0.15, 0.2) is 18.2 Å². The molecule has 0 heterocycles. The fourth-order valence-electron chi connectivity index (χ4n) is 1.25. The SMILES string of the molecule is COc1ccc(I)cc1C[C@H](C)N. The highest BCUT2D eigenvalue weighted by atomic mass is 127. The molecule has 3 heteroatoms. The molecule has 13 heavy (non-hydrogen) atoms. The minimum Gasteiger partial charge on any atom is -0.496 e. The summed E-state index contributed by atoms with van der Waals surface area (Å²) in [7, 11) is 1.69. The molecule has 1 aromatic rings. The molecule has 2 N–H and O–H groups in total. The smallest absolute Gasteiger partial charge is 0.122 e. The van der Waals surface area contributed by atoms with Gasteiger partial charge in [-0.05, 0) is 59.7 Å². The summed E-state index contributed by atoms with van der Waals surface area (Å²) in [5.74, 6) is 0.928. The van der Waals surface area contributed by atoms with Crippen LogP contribution < -0.4 is 10.5 Å². The third-order valence-corrected chi connectivity index (χ3v) is 2.46. The van der Waals surface area contributed by atoms with Crippen LogP contribution in [0.25, 0.3) is 0 Å². The van der Waals surface area contributed by atoms with E-state index in [1.54, 1.807) is 7.11 Å². The maximum atomic E-state index is 5.74. The molecule has 0 bridgehead atoms. The van der Waals surface area contributed by atoms with Gasteiger partial charge in [-0.1, -0.05) is 0 Å². The molecule has 0 unspecified atom stereocenters. The summed E-state index contributed by atoms with van der Waals surface area (Å²) in [4.78, 5) is 0. The van der Waals surface area contributed by atoms with Crippen molar-refractivity contribution in [1.82, 2.24) is 0 Å². The molecule has 1 rings (SSSR count). The monoisotopic (exact) mass is 291 g/mol. The normalized spacial score (nSPS) is 12.6. The third-order valence-electron chi connectivity index (χ3n) is 1.78. The second-order valence-corrected chi connectivity index (χ2v) is 4.38. The van der Waals surface area contributed by atoms with Crippen molar-refractivity contribution in [2.45, 2.75) is 19.4 Å². The molecule has 1 aromatic carbocycles. The molecule has 0 aliphatic heterocycles. The van der Waals surface area contributed by atoms with Gasteiger partial charge in [-0.25, -0.2) is 0 Å². The topological polar surface area (TPSA) is 35.2 Å². The quantitative estimate of drug-likeness (QED) is 0.866. The Labute approximate surface area is 92.6 Å². The van der Waals surface area contributed by atoms with Gasteiger partial charge in [-0.3, -0.25) is 0 Å². The lowest BCUT2D eigenvalue weighted by Crippen LogP contribution is -2.18. The molecule has 0 saturated heterocycles. The Balaban J connectivity index is 2.94. The number of hydrogen-bond donors (Lipinski definition) is 1. The van der Waals surface area contributed by atoms with Crippen molar-refractivity contribution >= 4 is 22.6 Å². The van der Waals surface area contributed by atoms with Crippen LogP contribution in [-0.2, 0) is 6.42 Å². The number of halogens is 1. The highest BCUT2D eigenvalue weighted by Crippen LogP contribution is 2.21. The molecule has 0 spiro atoms. The largest absolute Gasteiger partial charge is 0.496 e. The van der Waals surface area contributed by atoms with Gasteiger partial charge >= 0.3 is 0 Å². The third kappa shape index (κ3) is 3.15. The zero-order valence-electron chi connectivity index (χ0n) is 7.88. The summed E-state index contributed by atoms with van der Waals surface area (Å²) >= 11 is 2.29. The number of nitrogens with two attached hydrogens (primary N) is 1. The second-order valence-electron chi connectivity index (χ2n) is 3.14. The average molecular weight is 291 g/mol. The summed E-state index contributed by atoms with van der Waals surface area (Å²) in [6.07, 6.45) is 0.861. The molecule has 0 saturated carbocycles. The van der Waals surface area contributed by atoms with E-state index >= 15 is 0 Å². The molecular formula is C10H14INO. The maximum Gasteiger partial charge on any atom is 0.122 e. The standard InChI is InChI=1S/C10H14INO/c1-7(12)5-8-6-9(11)3-4-10(8)13-2/h3-4,6-7H,5,12H2,1-2H3/t7-/m0/s1. The number of rotatable bonds is 3. The highest BCUT2D eigenvalue weighted by molar-refractivity contribution is 14.1. The Bertz CT molecular complexity index is 286. The molecule has 0 fully saturated rings. The van der Waals surface area contributed by atoms with Crippen LogP contribution in [0.2, 0.25) is 0 Å². The van der Waals surface area contributed by atoms with E-state index in [9.17, 15) is 0 Å². The average Bonchev–Trinajstić information content (AvgIpc) is 2.03. The first-order chi connectivity index (χ1) is 6.13. The van der Waals surface area contributed by atoms with Crippen LogP contribution in [0.3, 0.4) is 0 Å². The van der Waals surface area contributed by atoms with Gasteiger partial charge < -0.3 is 10.5 Å². The number of methoxy groups -OCH3 is 1. The van der Waals surface area contributed by atoms with Crippen molar-refractivity contribution in [3.63, 3.8) is 0 Å². The Kier molecular flexibility index (Phi) is 3.99. The molecule has 0 aliphatic carbocycles. The number of benzene rings is 1. The first-order valence-corrected chi connectivity index (χ1v) is 5.29. The summed E-state index contributed by atoms with van der Waals surface area (Å²) < 4.78 is 6.46. The number of ether oxygens (including phenoxy) is 1. The molecule has 2 nitrogen and oxygen atoms in total. The van der Waals surface area contributed by atoms with E-state index in [2.05, 4.69) is 28.7 Å². The molecule has 1 atom stereocenters. The van der Waals surface area contributed by atoms with Gasteiger partial charge in [0.2, 0.25) is 0 Å². The van der Waals surface area contributed by atoms with Crippen molar-refractivity contribution in [3.8, 4) is 5.75 Å². The van der Waals surface area contributed by atoms with Crippen molar-refractivity contribution in [2.75, 3.05) is 7.11 Å². The van der Waals surface area contributed by atoms with Gasteiger partial charge in [0.1, 0.15) is 5.75 Å². The molecule has 0 aromatic heterocycles. The first kappa shape index (κ1) is 10.8. The first-order valence-electron chi connectivity index (χ1n) is 4.21. The van der Waals surface area contributed by atoms with Gasteiger partial charge in [0, 0.05) is 9.61 Å². The lowest BCUT2D eigenvalue weighted by molar-refractivity contribution is 0.408. The second kappa shape index (κ2) is 4.81. The molecule has 72 valence electrons. The molecule has 0 radical (unpaired) electrons. The summed E-state index contributed by atoms with van der Waals surface area (Å²) in [5.41, 5.74) is 6.92. The fourth-order valence-corrected chi connectivity index (χ4v) is 1.81. The Morgan fingerprint density at radius 3 is 2.77 bits per heavy atom. The van der Waals surface area contributed by atoms with Gasteiger partial charge in [0.15, 0.2) is 0 Å². The van der Waals surface area contributed by atoms with Crippen molar-refractivity contribution < 1.29 is 4.74 Å². The van der Waals surface area contributed by atoms with E-state index in [-0.39, 0.29) is 6.04 Å².